The molecule has 0 aromatic heterocycles. The maximum atomic E-state index is 10.4. The van der Waals surface area contributed by atoms with Crippen molar-refractivity contribution in [3.63, 3.8) is 0 Å². The smallest absolute Gasteiger partial charge is 0.320 e. The molecule has 10 heavy (non-hydrogen) atoms. The molecule has 0 bridgehead atoms. The van der Waals surface area contributed by atoms with Crippen LogP contribution in [0.5, 0.6) is 0 Å². The Morgan fingerprint density at radius 1 is 1.80 bits per heavy atom. The summed E-state index contributed by atoms with van der Waals surface area (Å²) in [6.07, 6.45) is 3.31. The van der Waals surface area contributed by atoms with Crippen molar-refractivity contribution in [3.05, 3.63) is 12.2 Å². The highest BCUT2D eigenvalue weighted by Crippen LogP contribution is 1.84. The molecule has 0 N–H and O–H groups in total. The lowest BCUT2D eigenvalue weighted by molar-refractivity contribution is -0.141. The minimum absolute atomic E-state index is 0.169. The van der Waals surface area contributed by atoms with E-state index in [2.05, 4.69) is 4.74 Å². The first kappa shape index (κ1) is 8.70. The van der Waals surface area contributed by atoms with Gasteiger partial charge in [0.1, 0.15) is 13.0 Å². The molecular formula is C7H9NO2. The summed E-state index contributed by atoms with van der Waals surface area (Å²) in [6, 6.07) is 1.70. The molecule has 0 heterocycles. The van der Waals surface area contributed by atoms with E-state index in [-0.39, 0.29) is 13.0 Å². The predicted molar refractivity (Wildman–Crippen MR) is 36.0 cm³/mol. The highest BCUT2D eigenvalue weighted by molar-refractivity contribution is 5.71. The van der Waals surface area contributed by atoms with Crippen molar-refractivity contribution in [2.75, 3.05) is 6.61 Å². The monoisotopic (exact) mass is 139 g/mol. The molecule has 0 saturated carbocycles. The lowest BCUT2D eigenvalue weighted by Crippen LogP contribution is -2.02. The summed E-state index contributed by atoms with van der Waals surface area (Å²) in [6.45, 7) is 2.09. The number of ether oxygens (including phenoxy) is 1. The molecule has 3 nitrogen and oxygen atoms in total. The molecule has 0 aliphatic rings. The molecule has 0 radical (unpaired) electrons. The Morgan fingerprint density at radius 2 is 2.50 bits per heavy atom. The number of esters is 1. The largest absolute Gasteiger partial charge is 0.461 e. The Kier molecular flexibility index (Phi) is 5.07. The maximum absolute atomic E-state index is 10.4. The van der Waals surface area contributed by atoms with Gasteiger partial charge in [0, 0.05) is 0 Å². The van der Waals surface area contributed by atoms with Gasteiger partial charge in [-0.3, -0.25) is 4.79 Å². The van der Waals surface area contributed by atoms with Gasteiger partial charge in [-0.2, -0.15) is 5.26 Å². The normalized spacial score (nSPS) is 9.20. The van der Waals surface area contributed by atoms with Gasteiger partial charge in [-0.15, -0.1) is 0 Å². The average molecular weight is 139 g/mol. The van der Waals surface area contributed by atoms with Crippen LogP contribution in [0.1, 0.15) is 13.3 Å². The topological polar surface area (TPSA) is 50.1 Å². The van der Waals surface area contributed by atoms with Gasteiger partial charge < -0.3 is 4.74 Å². The van der Waals surface area contributed by atoms with Gasteiger partial charge >= 0.3 is 5.97 Å². The zero-order valence-corrected chi connectivity index (χ0v) is 5.83. The fourth-order valence-electron chi connectivity index (χ4n) is 0.353. The molecule has 0 saturated heterocycles. The molecule has 3 heteroatoms. The molecule has 0 aromatic rings. The van der Waals surface area contributed by atoms with Crippen LogP contribution in [-0.4, -0.2) is 12.6 Å². The number of nitrogens with zero attached hydrogens (tertiary/aromatic N) is 1. The molecular weight excluding hydrogens is 130 g/mol. The molecule has 0 spiro atoms. The SMILES string of the molecule is CC=CCOC(=O)CC#N. The Hall–Kier alpha value is -1.30. The number of rotatable bonds is 3. The van der Waals surface area contributed by atoms with Gasteiger partial charge in [0.15, 0.2) is 0 Å². The molecule has 0 fully saturated rings. The van der Waals surface area contributed by atoms with Crippen LogP contribution in [0, 0.1) is 11.3 Å². The first-order chi connectivity index (χ1) is 4.81. The fourth-order valence-corrected chi connectivity index (χ4v) is 0.353. The first-order valence-corrected chi connectivity index (χ1v) is 2.95. The Bertz CT molecular complexity index is 167. The molecule has 0 rings (SSSR count). The molecule has 0 unspecified atom stereocenters. The van der Waals surface area contributed by atoms with Crippen molar-refractivity contribution in [1.29, 1.82) is 5.26 Å². The van der Waals surface area contributed by atoms with Gasteiger partial charge in [0.25, 0.3) is 0 Å². The molecule has 0 amide bonds. The average Bonchev–Trinajstić information content (AvgIpc) is 1.89. The van der Waals surface area contributed by atoms with E-state index in [1.54, 1.807) is 18.2 Å². The van der Waals surface area contributed by atoms with Crippen LogP contribution < -0.4 is 0 Å². The van der Waals surface area contributed by atoms with Crippen LogP contribution in [0.3, 0.4) is 0 Å². The van der Waals surface area contributed by atoms with E-state index in [4.69, 9.17) is 5.26 Å². The lowest BCUT2D eigenvalue weighted by atomic mass is 10.5. The van der Waals surface area contributed by atoms with E-state index in [1.165, 1.54) is 0 Å². The van der Waals surface area contributed by atoms with E-state index in [1.807, 2.05) is 6.92 Å². The number of nitriles is 1. The van der Waals surface area contributed by atoms with Crippen molar-refractivity contribution in [2.45, 2.75) is 13.3 Å². The Balaban J connectivity index is 3.33. The lowest BCUT2D eigenvalue weighted by Gasteiger charge is -1.94. The summed E-state index contributed by atoms with van der Waals surface area (Å²) >= 11 is 0. The third kappa shape index (κ3) is 4.85. The summed E-state index contributed by atoms with van der Waals surface area (Å²) < 4.78 is 4.57. The van der Waals surface area contributed by atoms with E-state index < -0.39 is 5.97 Å². The van der Waals surface area contributed by atoms with Gasteiger partial charge in [-0.25, -0.2) is 0 Å². The van der Waals surface area contributed by atoms with Crippen LogP contribution in [0.25, 0.3) is 0 Å². The third-order valence-electron chi connectivity index (χ3n) is 0.800. The highest BCUT2D eigenvalue weighted by Gasteiger charge is 1.96. The summed E-state index contributed by atoms with van der Waals surface area (Å²) in [5.74, 6) is -0.472. The van der Waals surface area contributed by atoms with E-state index in [0.717, 1.165) is 0 Å². The molecule has 0 atom stereocenters. The number of carbonyl (C=O) groups is 1. The summed E-state index contributed by atoms with van der Waals surface area (Å²) in [5.41, 5.74) is 0. The second-order valence-electron chi connectivity index (χ2n) is 1.59. The molecule has 0 aromatic carbocycles. The van der Waals surface area contributed by atoms with Crippen molar-refractivity contribution in [1.82, 2.24) is 0 Å². The van der Waals surface area contributed by atoms with Crippen molar-refractivity contribution in [2.24, 2.45) is 0 Å². The van der Waals surface area contributed by atoms with Crippen molar-refractivity contribution < 1.29 is 9.53 Å². The quantitative estimate of drug-likeness (QED) is 0.433. The number of carbonyl (C=O) groups excluding carboxylic acids is 1. The maximum Gasteiger partial charge on any atom is 0.320 e. The van der Waals surface area contributed by atoms with E-state index in [9.17, 15) is 4.79 Å². The first-order valence-electron chi connectivity index (χ1n) is 2.95. The zero-order chi connectivity index (χ0) is 7.82. The number of allylic oxidation sites excluding steroid dienone is 1. The van der Waals surface area contributed by atoms with Crippen LogP contribution >= 0.6 is 0 Å². The third-order valence-corrected chi connectivity index (χ3v) is 0.800. The van der Waals surface area contributed by atoms with E-state index in [0.29, 0.717) is 0 Å². The minimum Gasteiger partial charge on any atom is -0.461 e. The molecule has 54 valence electrons. The number of hydrogen-bond acceptors (Lipinski definition) is 3. The summed E-state index contributed by atoms with van der Waals surface area (Å²) in [7, 11) is 0. The molecule has 0 aliphatic heterocycles. The van der Waals surface area contributed by atoms with Crippen molar-refractivity contribution >= 4 is 5.97 Å². The Morgan fingerprint density at radius 3 is 3.00 bits per heavy atom. The van der Waals surface area contributed by atoms with Crippen LogP contribution in [0.4, 0.5) is 0 Å². The second-order valence-corrected chi connectivity index (χ2v) is 1.59. The predicted octanol–water partition coefficient (Wildman–Crippen LogP) is 1.02. The Labute approximate surface area is 59.9 Å². The van der Waals surface area contributed by atoms with Crippen molar-refractivity contribution in [3.8, 4) is 6.07 Å². The van der Waals surface area contributed by atoms with E-state index >= 15 is 0 Å². The van der Waals surface area contributed by atoms with Gasteiger partial charge in [-0.1, -0.05) is 12.2 Å². The van der Waals surface area contributed by atoms with Crippen LogP contribution in [-0.2, 0) is 9.53 Å². The van der Waals surface area contributed by atoms with Gasteiger partial charge in [0.05, 0.1) is 6.07 Å². The standard InChI is InChI=1S/C7H9NO2/c1-2-3-6-10-7(9)4-5-8/h2-3H,4,6H2,1H3. The minimum atomic E-state index is -0.472. The van der Waals surface area contributed by atoms with Gasteiger partial charge in [0.2, 0.25) is 0 Å². The highest BCUT2D eigenvalue weighted by atomic mass is 16.5. The summed E-state index contributed by atoms with van der Waals surface area (Å²) in [4.78, 5) is 10.4. The zero-order valence-electron chi connectivity index (χ0n) is 5.83. The summed E-state index contributed by atoms with van der Waals surface area (Å²) in [5, 5.41) is 8.02. The van der Waals surface area contributed by atoms with Crippen LogP contribution in [0.15, 0.2) is 12.2 Å². The fraction of sp³-hybridized carbons (Fsp3) is 0.429. The van der Waals surface area contributed by atoms with Crippen LogP contribution in [0.2, 0.25) is 0 Å². The molecule has 0 aliphatic carbocycles. The second kappa shape index (κ2) is 5.83. The number of hydrogen-bond donors (Lipinski definition) is 0. The van der Waals surface area contributed by atoms with Gasteiger partial charge in [-0.05, 0) is 6.92 Å².